The summed E-state index contributed by atoms with van der Waals surface area (Å²) in [6.07, 6.45) is 0.0957. The van der Waals surface area contributed by atoms with Gasteiger partial charge in [0.15, 0.2) is 0 Å². The van der Waals surface area contributed by atoms with Gasteiger partial charge in [-0.25, -0.2) is 0 Å². The third-order valence-corrected chi connectivity index (χ3v) is 4.06. The first kappa shape index (κ1) is 12.4. The van der Waals surface area contributed by atoms with Crippen LogP contribution in [0.4, 0.5) is 5.69 Å². The molecule has 19 heavy (non-hydrogen) atoms. The monoisotopic (exact) mass is 271 g/mol. The molecular weight excluding hydrogens is 254 g/mol. The van der Waals surface area contributed by atoms with Crippen LogP contribution in [0.25, 0.3) is 0 Å². The second-order valence-electron chi connectivity index (χ2n) is 4.49. The second kappa shape index (κ2) is 5.57. The largest absolute Gasteiger partial charge is 0.482 e. The highest BCUT2D eigenvalue weighted by atomic mass is 32.2. The first-order valence-corrected chi connectivity index (χ1v) is 7.57. The van der Waals surface area contributed by atoms with Crippen molar-refractivity contribution in [1.82, 2.24) is 0 Å². The quantitative estimate of drug-likeness (QED) is 0.839. The summed E-state index contributed by atoms with van der Waals surface area (Å²) in [6, 6.07) is 16.7. The Kier molecular flexibility index (Phi) is 3.65. The Labute approximate surface area is 118 Å². The lowest BCUT2D eigenvalue weighted by Gasteiger charge is -2.28. The number of benzene rings is 2. The lowest BCUT2D eigenvalue weighted by molar-refractivity contribution is 0.210. The molecule has 1 heterocycles. The molecule has 1 atom stereocenters. The summed E-state index contributed by atoms with van der Waals surface area (Å²) in [5, 5.41) is 3.47. The number of fused-ring (bicyclic) bond motifs is 1. The van der Waals surface area contributed by atoms with Crippen LogP contribution in [0.1, 0.15) is 18.6 Å². The van der Waals surface area contributed by atoms with Crippen LogP contribution in [0, 0.1) is 0 Å². The number of hydrogen-bond donors (Lipinski definition) is 1. The van der Waals surface area contributed by atoms with Gasteiger partial charge in [-0.3, -0.25) is 0 Å². The molecule has 0 saturated carbocycles. The van der Waals surface area contributed by atoms with Gasteiger partial charge in [-0.1, -0.05) is 37.3 Å². The third-order valence-electron chi connectivity index (χ3n) is 3.18. The molecule has 0 amide bonds. The number of rotatable bonds is 3. The molecule has 0 bridgehead atoms. The molecule has 98 valence electrons. The molecule has 0 fully saturated rings. The highest BCUT2D eigenvalue weighted by Gasteiger charge is 2.20. The van der Waals surface area contributed by atoms with Gasteiger partial charge in [-0.15, -0.1) is 11.8 Å². The maximum Gasteiger partial charge on any atom is 0.143 e. The number of thioether (sulfide) groups is 1. The van der Waals surface area contributed by atoms with Crippen LogP contribution < -0.4 is 10.1 Å². The zero-order valence-corrected chi connectivity index (χ0v) is 11.7. The van der Waals surface area contributed by atoms with E-state index in [2.05, 4.69) is 54.7 Å². The summed E-state index contributed by atoms with van der Waals surface area (Å²) in [4.78, 5) is 1.29. The Morgan fingerprint density at radius 3 is 2.84 bits per heavy atom. The van der Waals surface area contributed by atoms with Crippen molar-refractivity contribution >= 4 is 17.4 Å². The van der Waals surface area contributed by atoms with Crippen LogP contribution in [0.2, 0.25) is 0 Å². The highest BCUT2D eigenvalue weighted by molar-refractivity contribution is 7.99. The summed E-state index contributed by atoms with van der Waals surface area (Å²) in [6.45, 7) is 2.98. The maximum absolute atomic E-state index is 6.08. The topological polar surface area (TPSA) is 21.3 Å². The van der Waals surface area contributed by atoms with Gasteiger partial charge in [0, 0.05) is 4.90 Å². The molecule has 3 heteroatoms. The zero-order valence-electron chi connectivity index (χ0n) is 10.9. The van der Waals surface area contributed by atoms with E-state index in [4.69, 9.17) is 4.74 Å². The van der Waals surface area contributed by atoms with E-state index < -0.39 is 0 Å². The first-order chi connectivity index (χ1) is 9.36. The van der Waals surface area contributed by atoms with Gasteiger partial charge in [0.25, 0.3) is 0 Å². The van der Waals surface area contributed by atoms with E-state index >= 15 is 0 Å². The molecule has 1 N–H and O–H groups in total. The van der Waals surface area contributed by atoms with Crippen LogP contribution >= 0.6 is 11.8 Å². The van der Waals surface area contributed by atoms with E-state index in [1.807, 2.05) is 17.8 Å². The number of ether oxygens (including phenoxy) is 1. The van der Waals surface area contributed by atoms with E-state index in [1.54, 1.807) is 0 Å². The van der Waals surface area contributed by atoms with Gasteiger partial charge in [-0.05, 0) is 29.5 Å². The van der Waals surface area contributed by atoms with Gasteiger partial charge >= 0.3 is 0 Å². The molecule has 2 aromatic carbocycles. The standard InChI is InChI=1S/C16H17NOS/c1-2-19-13-8-9-15-14(10-13)17-11-16(18-15)12-6-4-3-5-7-12/h3-10,16-17H,2,11H2,1H3. The van der Waals surface area contributed by atoms with Crippen molar-refractivity contribution in [3.63, 3.8) is 0 Å². The minimum atomic E-state index is 0.0957. The molecule has 1 aliphatic heterocycles. The van der Waals surface area contributed by atoms with Crippen LogP contribution in [0.15, 0.2) is 53.4 Å². The molecule has 1 aliphatic rings. The van der Waals surface area contributed by atoms with Crippen LogP contribution in [0.3, 0.4) is 0 Å². The first-order valence-electron chi connectivity index (χ1n) is 6.59. The number of anilines is 1. The smallest absolute Gasteiger partial charge is 0.143 e. The molecule has 0 aromatic heterocycles. The maximum atomic E-state index is 6.08. The van der Waals surface area contributed by atoms with Crippen LogP contribution in [-0.4, -0.2) is 12.3 Å². The highest BCUT2D eigenvalue weighted by Crippen LogP contribution is 2.36. The van der Waals surface area contributed by atoms with Crippen molar-refractivity contribution in [3.05, 3.63) is 54.1 Å². The van der Waals surface area contributed by atoms with E-state index in [9.17, 15) is 0 Å². The number of hydrogen-bond acceptors (Lipinski definition) is 3. The molecule has 2 aromatic rings. The Morgan fingerprint density at radius 2 is 2.05 bits per heavy atom. The summed E-state index contributed by atoms with van der Waals surface area (Å²) >= 11 is 1.85. The average molecular weight is 271 g/mol. The third kappa shape index (κ3) is 2.71. The van der Waals surface area contributed by atoms with E-state index in [1.165, 1.54) is 10.5 Å². The molecule has 1 unspecified atom stereocenters. The van der Waals surface area contributed by atoms with Crippen molar-refractivity contribution in [2.75, 3.05) is 17.6 Å². The van der Waals surface area contributed by atoms with E-state index in [-0.39, 0.29) is 6.10 Å². The fourth-order valence-electron chi connectivity index (χ4n) is 2.26. The summed E-state index contributed by atoms with van der Waals surface area (Å²) < 4.78 is 6.08. The Morgan fingerprint density at radius 1 is 1.21 bits per heavy atom. The fourth-order valence-corrected chi connectivity index (χ4v) is 2.96. The van der Waals surface area contributed by atoms with Crippen LogP contribution in [-0.2, 0) is 0 Å². The molecular formula is C16H17NOS. The minimum absolute atomic E-state index is 0.0957. The lowest BCUT2D eigenvalue weighted by atomic mass is 10.1. The molecule has 2 nitrogen and oxygen atoms in total. The molecule has 0 radical (unpaired) electrons. The predicted octanol–water partition coefficient (Wildman–Crippen LogP) is 4.34. The van der Waals surface area contributed by atoms with Gasteiger partial charge in [0.05, 0.1) is 12.2 Å². The summed E-state index contributed by atoms with van der Waals surface area (Å²) in [5.74, 6) is 2.03. The SMILES string of the molecule is CCSc1ccc2c(c1)NCC(c1ccccc1)O2. The molecule has 0 saturated heterocycles. The van der Waals surface area contributed by atoms with Gasteiger partial charge in [0.1, 0.15) is 11.9 Å². The molecule has 3 rings (SSSR count). The normalized spacial score (nSPS) is 17.2. The summed E-state index contributed by atoms with van der Waals surface area (Å²) in [7, 11) is 0. The van der Waals surface area contributed by atoms with Crippen molar-refractivity contribution in [2.45, 2.75) is 17.9 Å². The van der Waals surface area contributed by atoms with Gasteiger partial charge < -0.3 is 10.1 Å². The zero-order chi connectivity index (χ0) is 13.1. The lowest BCUT2D eigenvalue weighted by Crippen LogP contribution is -2.23. The van der Waals surface area contributed by atoms with Crippen molar-refractivity contribution < 1.29 is 4.74 Å². The number of nitrogens with one attached hydrogen (secondary N) is 1. The van der Waals surface area contributed by atoms with E-state index in [0.29, 0.717) is 0 Å². The van der Waals surface area contributed by atoms with E-state index in [0.717, 1.165) is 23.7 Å². The fraction of sp³-hybridized carbons (Fsp3) is 0.250. The minimum Gasteiger partial charge on any atom is -0.482 e. The summed E-state index contributed by atoms with van der Waals surface area (Å²) in [5.41, 5.74) is 2.32. The molecule has 0 spiro atoms. The van der Waals surface area contributed by atoms with Gasteiger partial charge in [0.2, 0.25) is 0 Å². The predicted molar refractivity (Wildman–Crippen MR) is 81.1 cm³/mol. The van der Waals surface area contributed by atoms with Crippen molar-refractivity contribution in [3.8, 4) is 5.75 Å². The van der Waals surface area contributed by atoms with Crippen LogP contribution in [0.5, 0.6) is 5.75 Å². The average Bonchev–Trinajstić information content (AvgIpc) is 2.48. The molecule has 0 aliphatic carbocycles. The van der Waals surface area contributed by atoms with Crippen molar-refractivity contribution in [2.24, 2.45) is 0 Å². The Balaban J connectivity index is 1.81. The van der Waals surface area contributed by atoms with Crippen molar-refractivity contribution in [1.29, 1.82) is 0 Å². The second-order valence-corrected chi connectivity index (χ2v) is 5.83. The Hall–Kier alpha value is -1.61. The van der Waals surface area contributed by atoms with Gasteiger partial charge in [-0.2, -0.15) is 0 Å². The Bertz CT molecular complexity index is 556.